The van der Waals surface area contributed by atoms with Crippen LogP contribution in [0.15, 0.2) is 6.20 Å². The molecule has 1 aromatic rings. The van der Waals surface area contributed by atoms with Crippen molar-refractivity contribution in [3.63, 3.8) is 0 Å². The Kier molecular flexibility index (Phi) is 4.68. The van der Waals surface area contributed by atoms with Crippen LogP contribution in [-0.4, -0.2) is 36.0 Å². The molecule has 0 spiro atoms. The molecule has 1 rings (SSSR count). The molecule has 0 bridgehead atoms. The summed E-state index contributed by atoms with van der Waals surface area (Å²) in [5.74, 6) is 0.876. The summed E-state index contributed by atoms with van der Waals surface area (Å²) in [5.41, 5.74) is 6.42. The monoisotopic (exact) mass is 237 g/mol. The highest BCUT2D eigenvalue weighted by Crippen LogP contribution is 2.14. The average molecular weight is 237 g/mol. The number of nitrogens with one attached hydrogen (secondary N) is 1. The lowest BCUT2D eigenvalue weighted by Gasteiger charge is -2.19. The van der Waals surface area contributed by atoms with Crippen LogP contribution >= 0.6 is 0 Å². The third kappa shape index (κ3) is 3.90. The van der Waals surface area contributed by atoms with Gasteiger partial charge in [-0.25, -0.2) is 4.98 Å². The van der Waals surface area contributed by atoms with Crippen LogP contribution in [0.3, 0.4) is 0 Å². The first-order valence-electron chi connectivity index (χ1n) is 5.61. The number of carbonyl (C=O) groups excluding carboxylic acids is 1. The predicted molar refractivity (Wildman–Crippen MR) is 67.8 cm³/mol. The first kappa shape index (κ1) is 13.2. The smallest absolute Gasteiger partial charge is 0.239 e. The van der Waals surface area contributed by atoms with E-state index in [1.165, 1.54) is 0 Å². The Morgan fingerprint density at radius 1 is 1.59 bits per heavy atom. The zero-order valence-electron chi connectivity index (χ0n) is 10.5. The average Bonchev–Trinajstić information content (AvgIpc) is 2.29. The van der Waals surface area contributed by atoms with Crippen molar-refractivity contribution in [1.29, 1.82) is 0 Å². The van der Waals surface area contributed by atoms with Gasteiger partial charge in [-0.2, -0.15) is 4.98 Å². The van der Waals surface area contributed by atoms with Gasteiger partial charge in [0.1, 0.15) is 5.82 Å². The number of carbonyl (C=O) groups is 1. The summed E-state index contributed by atoms with van der Waals surface area (Å²) in [5, 5.41) is 2.81. The minimum Gasteiger partial charge on any atom is -0.368 e. The molecule has 0 aliphatic carbocycles. The lowest BCUT2D eigenvalue weighted by Crippen LogP contribution is -2.36. The summed E-state index contributed by atoms with van der Waals surface area (Å²) in [7, 11) is 1.81. The number of hydrogen-bond donors (Lipinski definition) is 2. The number of aromatic nitrogens is 2. The molecule has 0 radical (unpaired) electrons. The number of nitrogens with zero attached hydrogens (tertiary/aromatic N) is 3. The Hall–Kier alpha value is -1.85. The fourth-order valence-electron chi connectivity index (χ4n) is 1.44. The molecule has 6 heteroatoms. The van der Waals surface area contributed by atoms with Crippen LogP contribution in [0.25, 0.3) is 0 Å². The van der Waals surface area contributed by atoms with Crippen molar-refractivity contribution in [3.8, 4) is 0 Å². The summed E-state index contributed by atoms with van der Waals surface area (Å²) < 4.78 is 0. The topological polar surface area (TPSA) is 84.1 Å². The molecule has 0 fully saturated rings. The van der Waals surface area contributed by atoms with E-state index in [4.69, 9.17) is 5.73 Å². The second kappa shape index (κ2) is 6.03. The van der Waals surface area contributed by atoms with Crippen molar-refractivity contribution in [2.45, 2.75) is 20.3 Å². The van der Waals surface area contributed by atoms with Crippen LogP contribution in [0.2, 0.25) is 0 Å². The van der Waals surface area contributed by atoms with Gasteiger partial charge in [0.05, 0.1) is 6.54 Å². The van der Waals surface area contributed by atoms with E-state index >= 15 is 0 Å². The minimum absolute atomic E-state index is 0.0223. The fraction of sp³-hybridized carbons (Fsp3) is 0.545. The zero-order chi connectivity index (χ0) is 12.8. The number of likely N-dealkylation sites (N-methyl/N-ethyl adjacent to an activating group) is 1. The van der Waals surface area contributed by atoms with Crippen molar-refractivity contribution in [3.05, 3.63) is 11.8 Å². The number of rotatable bonds is 5. The Morgan fingerprint density at radius 2 is 2.29 bits per heavy atom. The summed E-state index contributed by atoms with van der Waals surface area (Å²) in [6.45, 7) is 4.85. The standard InChI is InChI=1S/C11H19N5O/c1-4-5-13-9(17)7-16(3)10-8(2)6-14-11(12)15-10/h6H,4-5,7H2,1-3H3,(H,13,17)(H2,12,14,15). The first-order chi connectivity index (χ1) is 8.04. The summed E-state index contributed by atoms with van der Waals surface area (Å²) >= 11 is 0. The molecule has 0 aliphatic heterocycles. The van der Waals surface area contributed by atoms with Gasteiger partial charge >= 0.3 is 0 Å². The number of amides is 1. The van der Waals surface area contributed by atoms with Crippen LogP contribution in [0, 0.1) is 6.92 Å². The molecule has 1 amide bonds. The molecule has 0 aliphatic rings. The molecular weight excluding hydrogens is 218 g/mol. The second-order valence-corrected chi connectivity index (χ2v) is 3.94. The Morgan fingerprint density at radius 3 is 2.94 bits per heavy atom. The van der Waals surface area contributed by atoms with E-state index in [2.05, 4.69) is 15.3 Å². The summed E-state index contributed by atoms with van der Waals surface area (Å²) in [4.78, 5) is 21.3. The van der Waals surface area contributed by atoms with Crippen molar-refractivity contribution in [1.82, 2.24) is 15.3 Å². The van der Waals surface area contributed by atoms with Crippen LogP contribution in [0.5, 0.6) is 0 Å². The maximum Gasteiger partial charge on any atom is 0.239 e. The van der Waals surface area contributed by atoms with Gasteiger partial charge < -0.3 is 16.0 Å². The predicted octanol–water partition coefficient (Wildman–Crippen LogP) is 0.330. The van der Waals surface area contributed by atoms with E-state index in [0.717, 1.165) is 12.0 Å². The van der Waals surface area contributed by atoms with Crippen LogP contribution in [-0.2, 0) is 4.79 Å². The molecule has 0 atom stereocenters. The summed E-state index contributed by atoms with van der Waals surface area (Å²) in [6.07, 6.45) is 2.58. The van der Waals surface area contributed by atoms with E-state index in [9.17, 15) is 4.79 Å². The molecule has 0 saturated carbocycles. The van der Waals surface area contributed by atoms with Gasteiger partial charge in [-0.3, -0.25) is 4.79 Å². The maximum atomic E-state index is 11.6. The number of nitrogens with two attached hydrogens (primary N) is 1. The SMILES string of the molecule is CCCNC(=O)CN(C)c1nc(N)ncc1C. The maximum absolute atomic E-state index is 11.6. The second-order valence-electron chi connectivity index (χ2n) is 3.94. The van der Waals surface area contributed by atoms with Crippen LogP contribution < -0.4 is 16.0 Å². The molecule has 0 aromatic carbocycles. The van der Waals surface area contributed by atoms with E-state index in [0.29, 0.717) is 12.4 Å². The number of nitrogen functional groups attached to an aromatic ring is 1. The molecule has 0 saturated heterocycles. The van der Waals surface area contributed by atoms with E-state index < -0.39 is 0 Å². The quantitative estimate of drug-likeness (QED) is 0.771. The lowest BCUT2D eigenvalue weighted by molar-refractivity contribution is -0.119. The Balaban J connectivity index is 2.66. The third-order valence-electron chi connectivity index (χ3n) is 2.28. The van der Waals surface area contributed by atoms with Gasteiger partial charge in [0.15, 0.2) is 0 Å². The largest absolute Gasteiger partial charge is 0.368 e. The van der Waals surface area contributed by atoms with Gasteiger partial charge in [-0.1, -0.05) is 6.92 Å². The fourth-order valence-corrected chi connectivity index (χ4v) is 1.44. The molecule has 17 heavy (non-hydrogen) atoms. The highest BCUT2D eigenvalue weighted by molar-refractivity contribution is 5.81. The summed E-state index contributed by atoms with van der Waals surface area (Å²) in [6, 6.07) is 0. The molecule has 3 N–H and O–H groups in total. The van der Waals surface area contributed by atoms with Gasteiger partial charge in [0, 0.05) is 25.4 Å². The van der Waals surface area contributed by atoms with E-state index in [-0.39, 0.29) is 18.4 Å². The number of anilines is 2. The molecular formula is C11H19N5O. The van der Waals surface area contributed by atoms with Gasteiger partial charge in [0.2, 0.25) is 11.9 Å². The number of hydrogen-bond acceptors (Lipinski definition) is 5. The first-order valence-corrected chi connectivity index (χ1v) is 5.61. The van der Waals surface area contributed by atoms with Gasteiger partial charge in [-0.15, -0.1) is 0 Å². The molecule has 1 heterocycles. The van der Waals surface area contributed by atoms with E-state index in [1.807, 2.05) is 13.8 Å². The zero-order valence-corrected chi connectivity index (χ0v) is 10.5. The van der Waals surface area contributed by atoms with Crippen LogP contribution in [0.1, 0.15) is 18.9 Å². The molecule has 1 aromatic heterocycles. The van der Waals surface area contributed by atoms with Gasteiger partial charge in [0.25, 0.3) is 0 Å². The highest BCUT2D eigenvalue weighted by atomic mass is 16.2. The number of aryl methyl sites for hydroxylation is 1. The molecule has 0 unspecified atom stereocenters. The van der Waals surface area contributed by atoms with Crippen LogP contribution in [0.4, 0.5) is 11.8 Å². The molecule has 6 nitrogen and oxygen atoms in total. The lowest BCUT2D eigenvalue weighted by atomic mass is 10.3. The third-order valence-corrected chi connectivity index (χ3v) is 2.28. The highest BCUT2D eigenvalue weighted by Gasteiger charge is 2.11. The Bertz CT molecular complexity index is 393. The molecule has 94 valence electrons. The van der Waals surface area contributed by atoms with Gasteiger partial charge in [-0.05, 0) is 13.3 Å². The minimum atomic E-state index is -0.0223. The van der Waals surface area contributed by atoms with Crippen molar-refractivity contribution < 1.29 is 4.79 Å². The van der Waals surface area contributed by atoms with E-state index in [1.54, 1.807) is 18.1 Å². The van der Waals surface area contributed by atoms with Crippen molar-refractivity contribution in [2.24, 2.45) is 0 Å². The van der Waals surface area contributed by atoms with Crippen molar-refractivity contribution >= 4 is 17.7 Å². The Labute approximate surface area is 101 Å². The van der Waals surface area contributed by atoms with Crippen molar-refractivity contribution in [2.75, 3.05) is 30.8 Å². The normalized spacial score (nSPS) is 10.1.